The second-order valence-electron chi connectivity index (χ2n) is 8.12. The summed E-state index contributed by atoms with van der Waals surface area (Å²) in [5, 5.41) is 11.9. The standard InChI is InChI=1S/C26H26FN7O/c1-16-8-12-19(13-9-16)29-25-32-24(33-26(34-25)30-20-14-10-17(2)11-15-20)28-18(3)23(35)31-22-7-5-4-6-21(22)27/h4-15,18H,1-3H3,(H,31,35)(H3,28,29,30,32,33,34)/t18-/m1/s1. The third kappa shape index (κ3) is 6.50. The third-order valence-corrected chi connectivity index (χ3v) is 5.12. The van der Waals surface area contributed by atoms with Crippen LogP contribution in [0.4, 0.5) is 39.3 Å². The van der Waals surface area contributed by atoms with Crippen molar-refractivity contribution in [2.45, 2.75) is 26.8 Å². The Kier molecular flexibility index (Phi) is 7.15. The van der Waals surface area contributed by atoms with E-state index in [-0.39, 0.29) is 11.6 Å². The van der Waals surface area contributed by atoms with Gasteiger partial charge in [-0.3, -0.25) is 4.79 Å². The Hall–Kier alpha value is -4.53. The Bertz CT molecular complexity index is 1240. The van der Waals surface area contributed by atoms with Crippen molar-refractivity contribution in [1.82, 2.24) is 15.0 Å². The van der Waals surface area contributed by atoms with Gasteiger partial charge in [-0.15, -0.1) is 0 Å². The van der Waals surface area contributed by atoms with Gasteiger partial charge >= 0.3 is 0 Å². The van der Waals surface area contributed by atoms with Crippen molar-refractivity contribution in [3.63, 3.8) is 0 Å². The van der Waals surface area contributed by atoms with Crippen LogP contribution >= 0.6 is 0 Å². The fourth-order valence-corrected chi connectivity index (χ4v) is 3.15. The van der Waals surface area contributed by atoms with Crippen LogP contribution in [0.25, 0.3) is 0 Å². The predicted octanol–water partition coefficient (Wildman–Crippen LogP) is 5.55. The number of aromatic nitrogens is 3. The zero-order chi connectivity index (χ0) is 24.8. The van der Waals surface area contributed by atoms with Gasteiger partial charge in [0.1, 0.15) is 11.9 Å². The van der Waals surface area contributed by atoms with Crippen LogP contribution in [-0.2, 0) is 4.79 Å². The van der Waals surface area contributed by atoms with Crippen LogP contribution in [0.3, 0.4) is 0 Å². The average Bonchev–Trinajstić information content (AvgIpc) is 2.83. The van der Waals surface area contributed by atoms with Crippen LogP contribution in [0.5, 0.6) is 0 Å². The molecule has 4 aromatic rings. The summed E-state index contributed by atoms with van der Waals surface area (Å²) in [5.41, 5.74) is 3.97. The van der Waals surface area contributed by atoms with E-state index in [9.17, 15) is 9.18 Å². The summed E-state index contributed by atoms with van der Waals surface area (Å²) in [6, 6.07) is 20.8. The zero-order valence-corrected chi connectivity index (χ0v) is 19.6. The highest BCUT2D eigenvalue weighted by Crippen LogP contribution is 2.20. The molecule has 35 heavy (non-hydrogen) atoms. The summed E-state index contributed by atoms with van der Waals surface area (Å²) < 4.78 is 13.9. The molecule has 1 atom stereocenters. The molecule has 1 aromatic heterocycles. The Labute approximate surface area is 203 Å². The normalized spacial score (nSPS) is 11.4. The lowest BCUT2D eigenvalue weighted by Crippen LogP contribution is -2.33. The maximum atomic E-state index is 13.9. The van der Waals surface area contributed by atoms with E-state index >= 15 is 0 Å². The van der Waals surface area contributed by atoms with Gasteiger partial charge in [0.15, 0.2) is 0 Å². The first kappa shape index (κ1) is 23.6. The third-order valence-electron chi connectivity index (χ3n) is 5.12. The molecule has 0 fully saturated rings. The Morgan fingerprint density at radius 3 is 1.74 bits per heavy atom. The fourth-order valence-electron chi connectivity index (χ4n) is 3.15. The molecular formula is C26H26FN7O. The van der Waals surface area contributed by atoms with E-state index in [1.54, 1.807) is 19.1 Å². The number of aryl methyl sites for hydroxylation is 2. The molecule has 0 aliphatic heterocycles. The molecule has 9 heteroatoms. The summed E-state index contributed by atoms with van der Waals surface area (Å²) >= 11 is 0. The van der Waals surface area contributed by atoms with Gasteiger partial charge in [0.05, 0.1) is 5.69 Å². The smallest absolute Gasteiger partial charge is 0.246 e. The SMILES string of the molecule is Cc1ccc(Nc2nc(Nc3ccc(C)cc3)nc(N[C@H](C)C(=O)Nc3ccccc3F)n2)cc1. The highest BCUT2D eigenvalue weighted by molar-refractivity contribution is 5.96. The number of hydrogen-bond donors (Lipinski definition) is 4. The van der Waals surface area contributed by atoms with Crippen molar-refractivity contribution in [3.8, 4) is 0 Å². The summed E-state index contributed by atoms with van der Waals surface area (Å²) in [6.07, 6.45) is 0. The minimum atomic E-state index is -0.753. The van der Waals surface area contributed by atoms with E-state index in [1.165, 1.54) is 12.1 Å². The molecule has 8 nitrogen and oxygen atoms in total. The quantitative estimate of drug-likeness (QED) is 0.267. The van der Waals surface area contributed by atoms with Gasteiger partial charge in [-0.25, -0.2) is 4.39 Å². The lowest BCUT2D eigenvalue weighted by Gasteiger charge is -2.16. The fraction of sp³-hybridized carbons (Fsp3) is 0.154. The van der Waals surface area contributed by atoms with Crippen LogP contribution in [0.15, 0.2) is 72.8 Å². The minimum absolute atomic E-state index is 0.102. The highest BCUT2D eigenvalue weighted by Gasteiger charge is 2.17. The summed E-state index contributed by atoms with van der Waals surface area (Å²) in [6.45, 7) is 5.65. The Balaban J connectivity index is 1.56. The van der Waals surface area contributed by atoms with E-state index in [4.69, 9.17) is 0 Å². The summed E-state index contributed by atoms with van der Waals surface area (Å²) in [7, 11) is 0. The monoisotopic (exact) mass is 471 g/mol. The maximum Gasteiger partial charge on any atom is 0.246 e. The number of anilines is 6. The van der Waals surface area contributed by atoms with Gasteiger partial charge in [-0.05, 0) is 57.2 Å². The van der Waals surface area contributed by atoms with E-state index in [2.05, 4.69) is 36.2 Å². The number of nitrogens with zero attached hydrogens (tertiary/aromatic N) is 3. The number of para-hydroxylation sites is 1. The first-order valence-electron chi connectivity index (χ1n) is 11.1. The van der Waals surface area contributed by atoms with Gasteiger partial charge in [-0.2, -0.15) is 15.0 Å². The van der Waals surface area contributed by atoms with E-state index < -0.39 is 17.8 Å². The second kappa shape index (κ2) is 10.6. The van der Waals surface area contributed by atoms with Gasteiger partial charge in [0.2, 0.25) is 23.8 Å². The number of carbonyl (C=O) groups is 1. The number of hydrogen-bond acceptors (Lipinski definition) is 7. The average molecular weight is 472 g/mol. The molecular weight excluding hydrogens is 445 g/mol. The largest absolute Gasteiger partial charge is 0.342 e. The molecule has 0 bridgehead atoms. The molecule has 4 rings (SSSR count). The Morgan fingerprint density at radius 2 is 1.23 bits per heavy atom. The number of rotatable bonds is 8. The molecule has 0 aliphatic rings. The van der Waals surface area contributed by atoms with E-state index in [1.807, 2.05) is 62.4 Å². The summed E-state index contributed by atoms with van der Waals surface area (Å²) in [5.74, 6) is -0.176. The lowest BCUT2D eigenvalue weighted by atomic mass is 10.2. The molecule has 4 N–H and O–H groups in total. The van der Waals surface area contributed by atoms with Crippen LogP contribution < -0.4 is 21.3 Å². The summed E-state index contributed by atoms with van der Waals surface area (Å²) in [4.78, 5) is 25.9. The predicted molar refractivity (Wildman–Crippen MR) is 137 cm³/mol. The molecule has 0 radical (unpaired) electrons. The zero-order valence-electron chi connectivity index (χ0n) is 19.6. The van der Waals surface area contributed by atoms with Crippen molar-refractivity contribution < 1.29 is 9.18 Å². The van der Waals surface area contributed by atoms with Crippen LogP contribution in [-0.4, -0.2) is 26.9 Å². The first-order valence-corrected chi connectivity index (χ1v) is 11.1. The van der Waals surface area contributed by atoms with Crippen molar-refractivity contribution in [1.29, 1.82) is 0 Å². The molecule has 0 unspecified atom stereocenters. The number of benzene rings is 3. The van der Waals surface area contributed by atoms with Crippen LogP contribution in [0, 0.1) is 19.7 Å². The minimum Gasteiger partial charge on any atom is -0.342 e. The number of halogens is 1. The molecule has 1 heterocycles. The van der Waals surface area contributed by atoms with Crippen LogP contribution in [0.2, 0.25) is 0 Å². The molecule has 178 valence electrons. The molecule has 0 aliphatic carbocycles. The van der Waals surface area contributed by atoms with Crippen molar-refractivity contribution in [2.75, 3.05) is 21.3 Å². The molecule has 3 aromatic carbocycles. The molecule has 1 amide bonds. The van der Waals surface area contributed by atoms with Crippen molar-refractivity contribution in [2.24, 2.45) is 0 Å². The number of nitrogens with one attached hydrogen (secondary N) is 4. The van der Waals surface area contributed by atoms with Crippen molar-refractivity contribution >= 4 is 40.8 Å². The van der Waals surface area contributed by atoms with E-state index in [0.29, 0.717) is 11.9 Å². The topological polar surface area (TPSA) is 104 Å². The van der Waals surface area contributed by atoms with Crippen molar-refractivity contribution in [3.05, 3.63) is 89.7 Å². The lowest BCUT2D eigenvalue weighted by molar-refractivity contribution is -0.116. The number of amides is 1. The molecule has 0 spiro atoms. The second-order valence-corrected chi connectivity index (χ2v) is 8.12. The number of carbonyl (C=O) groups excluding carboxylic acids is 1. The Morgan fingerprint density at radius 1 is 0.743 bits per heavy atom. The highest BCUT2D eigenvalue weighted by atomic mass is 19.1. The van der Waals surface area contributed by atoms with Gasteiger partial charge < -0.3 is 21.3 Å². The van der Waals surface area contributed by atoms with Gasteiger partial charge in [0, 0.05) is 11.4 Å². The van der Waals surface area contributed by atoms with E-state index in [0.717, 1.165) is 22.5 Å². The molecule has 0 saturated heterocycles. The van der Waals surface area contributed by atoms with Gasteiger partial charge in [-0.1, -0.05) is 47.5 Å². The molecule has 0 saturated carbocycles. The van der Waals surface area contributed by atoms with Gasteiger partial charge in [0.25, 0.3) is 0 Å². The van der Waals surface area contributed by atoms with Crippen LogP contribution in [0.1, 0.15) is 18.1 Å². The first-order chi connectivity index (χ1) is 16.9. The maximum absolute atomic E-state index is 13.9.